The first kappa shape index (κ1) is 17.9. The third kappa shape index (κ3) is 2.26. The molecule has 1 N–H and O–H groups in total. The van der Waals surface area contributed by atoms with Crippen molar-refractivity contribution in [1.82, 2.24) is 0 Å². The minimum absolute atomic E-state index is 0.0568. The highest BCUT2D eigenvalue weighted by molar-refractivity contribution is 5.96. The van der Waals surface area contributed by atoms with Crippen LogP contribution >= 0.6 is 0 Å². The predicted octanol–water partition coefficient (Wildman–Crippen LogP) is 0.235. The van der Waals surface area contributed by atoms with E-state index < -0.39 is 70.6 Å². The first-order valence-electron chi connectivity index (χ1n) is 8.97. The summed E-state index contributed by atoms with van der Waals surface area (Å²) in [5.74, 6) is -5.66. The van der Waals surface area contributed by atoms with E-state index in [1.54, 1.807) is 6.92 Å². The van der Waals surface area contributed by atoms with E-state index in [0.717, 1.165) is 0 Å². The molecular weight excluding hydrogens is 360 g/mol. The molecule has 27 heavy (non-hydrogen) atoms. The van der Waals surface area contributed by atoms with E-state index in [-0.39, 0.29) is 12.8 Å². The highest BCUT2D eigenvalue weighted by Gasteiger charge is 2.75. The molecule has 0 aromatic carbocycles. The number of rotatable bonds is 2. The Morgan fingerprint density at radius 1 is 1.19 bits per heavy atom. The number of carbonyl (C=O) groups is 5. The van der Waals surface area contributed by atoms with Crippen molar-refractivity contribution in [3.63, 3.8) is 0 Å². The van der Waals surface area contributed by atoms with Gasteiger partial charge in [0.1, 0.15) is 11.5 Å². The quantitative estimate of drug-likeness (QED) is 0.528. The van der Waals surface area contributed by atoms with E-state index >= 15 is 0 Å². The molecule has 0 radical (unpaired) electrons. The third-order valence-corrected chi connectivity index (χ3v) is 6.74. The van der Waals surface area contributed by atoms with Crippen LogP contribution in [0.4, 0.5) is 0 Å². The lowest BCUT2D eigenvalue weighted by molar-refractivity contribution is -0.274. The molecule has 9 nitrogen and oxygen atoms in total. The minimum atomic E-state index is -1.37. The molecule has 0 aromatic heterocycles. The van der Waals surface area contributed by atoms with Crippen LogP contribution in [0.15, 0.2) is 0 Å². The lowest BCUT2D eigenvalue weighted by Gasteiger charge is -2.64. The van der Waals surface area contributed by atoms with Gasteiger partial charge in [-0.1, -0.05) is 6.92 Å². The van der Waals surface area contributed by atoms with Crippen LogP contribution in [0.1, 0.15) is 39.5 Å². The van der Waals surface area contributed by atoms with Gasteiger partial charge in [0.05, 0.1) is 11.8 Å². The van der Waals surface area contributed by atoms with Gasteiger partial charge in [0.25, 0.3) is 0 Å². The molecule has 1 unspecified atom stereocenters. The standard InChI is InChI=1S/C18H20O9/c1-7(19)25-10-5-9-16(24)27-18(9)4-3-8-15(23)26-11(14(21)22)6-17(8,2)13(18)12(10)20/h8-11,13H,3-6H2,1-2H3,(H,21,22)/t8-,9?,10-,11-,13+,17-,18+/m0/s1. The largest absolute Gasteiger partial charge is 0.479 e. The van der Waals surface area contributed by atoms with E-state index in [1.807, 2.05) is 0 Å². The van der Waals surface area contributed by atoms with Gasteiger partial charge in [0, 0.05) is 19.8 Å². The Balaban J connectivity index is 1.78. The zero-order chi connectivity index (χ0) is 19.7. The van der Waals surface area contributed by atoms with Gasteiger partial charge in [0.2, 0.25) is 0 Å². The number of hydrogen-bond acceptors (Lipinski definition) is 8. The second kappa shape index (κ2) is 5.53. The van der Waals surface area contributed by atoms with E-state index in [0.29, 0.717) is 12.8 Å². The molecule has 2 aliphatic heterocycles. The number of Topliss-reactive ketones (excluding diaryl/α,β-unsaturated/α-hetero) is 1. The topological polar surface area (TPSA) is 133 Å². The molecule has 4 fully saturated rings. The van der Waals surface area contributed by atoms with Crippen molar-refractivity contribution in [2.45, 2.75) is 57.3 Å². The number of carbonyl (C=O) groups excluding carboxylic acids is 4. The summed E-state index contributed by atoms with van der Waals surface area (Å²) >= 11 is 0. The van der Waals surface area contributed by atoms with Crippen molar-refractivity contribution in [3.8, 4) is 0 Å². The van der Waals surface area contributed by atoms with Gasteiger partial charge in [-0.15, -0.1) is 0 Å². The maximum absolute atomic E-state index is 13.3. The Labute approximate surface area is 154 Å². The molecule has 0 aromatic rings. The second-order valence-corrected chi connectivity index (χ2v) is 8.16. The highest BCUT2D eigenvalue weighted by atomic mass is 16.6. The summed E-state index contributed by atoms with van der Waals surface area (Å²) < 4.78 is 15.7. The second-order valence-electron chi connectivity index (χ2n) is 8.16. The lowest BCUT2D eigenvalue weighted by Crippen LogP contribution is -2.75. The van der Waals surface area contributed by atoms with Crippen LogP contribution in [-0.2, 0) is 38.2 Å². The Bertz CT molecular complexity index is 773. The van der Waals surface area contributed by atoms with Crippen molar-refractivity contribution in [1.29, 1.82) is 0 Å². The van der Waals surface area contributed by atoms with Crippen LogP contribution in [0.3, 0.4) is 0 Å². The molecule has 2 saturated heterocycles. The number of carboxylic acids is 1. The summed E-state index contributed by atoms with van der Waals surface area (Å²) in [6.45, 7) is 2.86. The normalized spacial score (nSPS) is 45.3. The number of esters is 3. The average Bonchev–Trinajstić information content (AvgIpc) is 2.55. The van der Waals surface area contributed by atoms with Crippen LogP contribution in [0.5, 0.6) is 0 Å². The summed E-state index contributed by atoms with van der Waals surface area (Å²) in [7, 11) is 0. The van der Waals surface area contributed by atoms with Crippen molar-refractivity contribution in [2.24, 2.45) is 23.2 Å². The molecule has 2 heterocycles. The number of ketones is 1. The van der Waals surface area contributed by atoms with Gasteiger partial charge < -0.3 is 19.3 Å². The van der Waals surface area contributed by atoms with Gasteiger partial charge in [-0.25, -0.2) is 4.79 Å². The number of aliphatic carboxylic acids is 1. The zero-order valence-electron chi connectivity index (χ0n) is 14.9. The zero-order valence-corrected chi connectivity index (χ0v) is 14.9. The van der Waals surface area contributed by atoms with Crippen LogP contribution in [0.2, 0.25) is 0 Å². The SMILES string of the molecule is CC(=O)O[C@H]1CC2C(=O)O[C@]23CC[C@H]2C(=O)O[C@H](C(=O)O)C[C@]2(C)[C@H]3C1=O. The van der Waals surface area contributed by atoms with Gasteiger partial charge >= 0.3 is 23.9 Å². The van der Waals surface area contributed by atoms with Crippen molar-refractivity contribution in [2.75, 3.05) is 0 Å². The maximum Gasteiger partial charge on any atom is 0.345 e. The number of hydrogen-bond donors (Lipinski definition) is 1. The molecule has 0 bridgehead atoms. The Kier molecular flexibility index (Phi) is 3.67. The molecule has 146 valence electrons. The fourth-order valence-electron chi connectivity index (χ4n) is 5.69. The summed E-state index contributed by atoms with van der Waals surface area (Å²) in [6, 6.07) is 0. The van der Waals surface area contributed by atoms with Crippen molar-refractivity contribution >= 4 is 29.7 Å². The van der Waals surface area contributed by atoms with Crippen LogP contribution in [0, 0.1) is 23.2 Å². The average molecular weight is 380 g/mol. The van der Waals surface area contributed by atoms with Gasteiger partial charge in [-0.2, -0.15) is 0 Å². The minimum Gasteiger partial charge on any atom is -0.479 e. The summed E-state index contributed by atoms with van der Waals surface area (Å²) in [5, 5.41) is 9.35. The van der Waals surface area contributed by atoms with Crippen molar-refractivity contribution < 1.29 is 43.3 Å². The van der Waals surface area contributed by atoms with E-state index in [4.69, 9.17) is 14.2 Å². The molecule has 7 atom stereocenters. The third-order valence-electron chi connectivity index (χ3n) is 6.74. The fourth-order valence-corrected chi connectivity index (χ4v) is 5.69. The summed E-state index contributed by atoms with van der Waals surface area (Å²) in [4.78, 5) is 60.7. The molecule has 1 spiro atoms. The molecule has 4 aliphatic rings. The van der Waals surface area contributed by atoms with E-state index in [9.17, 15) is 29.1 Å². The van der Waals surface area contributed by atoms with Gasteiger partial charge in [-0.3, -0.25) is 19.2 Å². The first-order valence-corrected chi connectivity index (χ1v) is 8.97. The number of fused-ring (bicyclic) bond motifs is 2. The van der Waals surface area contributed by atoms with E-state index in [1.165, 1.54) is 6.92 Å². The van der Waals surface area contributed by atoms with Crippen LogP contribution in [-0.4, -0.2) is 52.6 Å². The molecule has 2 aliphatic carbocycles. The smallest absolute Gasteiger partial charge is 0.345 e. The Hall–Kier alpha value is -2.45. The number of ether oxygens (including phenoxy) is 3. The molecule has 9 heteroatoms. The molecule has 0 amide bonds. The van der Waals surface area contributed by atoms with Gasteiger partial charge in [-0.05, 0) is 18.3 Å². The highest BCUT2D eigenvalue weighted by Crippen LogP contribution is 2.64. The Morgan fingerprint density at radius 3 is 2.48 bits per heavy atom. The molecular formula is C18H20O9. The van der Waals surface area contributed by atoms with Crippen LogP contribution in [0.25, 0.3) is 0 Å². The fraction of sp³-hybridized carbons (Fsp3) is 0.722. The Morgan fingerprint density at radius 2 is 1.89 bits per heavy atom. The van der Waals surface area contributed by atoms with E-state index in [2.05, 4.69) is 0 Å². The summed E-state index contributed by atoms with van der Waals surface area (Å²) in [5.41, 5.74) is -2.12. The summed E-state index contributed by atoms with van der Waals surface area (Å²) in [6.07, 6.45) is -1.82. The maximum atomic E-state index is 13.3. The number of carboxylic acid groups (broad SMARTS) is 1. The monoisotopic (exact) mass is 380 g/mol. The first-order chi connectivity index (χ1) is 12.6. The van der Waals surface area contributed by atoms with Crippen LogP contribution < -0.4 is 0 Å². The number of cyclic esters (lactones) is 1. The van der Waals surface area contributed by atoms with Gasteiger partial charge in [0.15, 0.2) is 18.0 Å². The lowest BCUT2D eigenvalue weighted by atomic mass is 9.45. The molecule has 2 saturated carbocycles. The predicted molar refractivity (Wildman–Crippen MR) is 83.9 cm³/mol. The van der Waals surface area contributed by atoms with Crippen molar-refractivity contribution in [3.05, 3.63) is 0 Å². The molecule has 4 rings (SSSR count).